The maximum absolute atomic E-state index is 10.8. The minimum atomic E-state index is -0.872. The van der Waals surface area contributed by atoms with Gasteiger partial charge in [0.15, 0.2) is 0 Å². The number of aromatic nitrogens is 1. The van der Waals surface area contributed by atoms with Crippen LogP contribution in [0, 0.1) is 0 Å². The van der Waals surface area contributed by atoms with Crippen molar-refractivity contribution in [3.63, 3.8) is 0 Å². The van der Waals surface area contributed by atoms with Crippen molar-refractivity contribution in [2.45, 2.75) is 13.0 Å². The minimum absolute atomic E-state index is 0.0377. The number of ether oxygens (including phenoxy) is 1. The summed E-state index contributed by atoms with van der Waals surface area (Å²) in [7, 11) is 1.56. The van der Waals surface area contributed by atoms with Gasteiger partial charge in [-0.05, 0) is 12.1 Å². The number of carboxylic acid groups (broad SMARTS) is 1. The molecular weight excluding hydrogens is 286 g/mol. The van der Waals surface area contributed by atoms with Gasteiger partial charge in [-0.15, -0.1) is 11.3 Å². The fourth-order valence-corrected chi connectivity index (χ4v) is 2.81. The van der Waals surface area contributed by atoms with Gasteiger partial charge in [0.1, 0.15) is 5.01 Å². The summed E-state index contributed by atoms with van der Waals surface area (Å²) < 4.78 is 5.05. The first-order valence-corrected chi connectivity index (χ1v) is 6.75. The lowest BCUT2D eigenvalue weighted by Crippen LogP contribution is -2.01. The number of rotatable bonds is 5. The molecule has 0 saturated heterocycles. The second-order valence-corrected chi connectivity index (χ2v) is 5.42. The van der Waals surface area contributed by atoms with Crippen LogP contribution in [0.15, 0.2) is 24.3 Å². The van der Waals surface area contributed by atoms with E-state index in [1.165, 1.54) is 11.3 Å². The van der Waals surface area contributed by atoms with Gasteiger partial charge in [0.2, 0.25) is 0 Å². The highest BCUT2D eigenvalue weighted by Gasteiger charge is 2.15. The number of aliphatic carboxylic acids is 1. The Balaban J connectivity index is 2.35. The average molecular weight is 298 g/mol. The molecule has 0 bridgehead atoms. The van der Waals surface area contributed by atoms with Gasteiger partial charge in [0.05, 0.1) is 18.7 Å². The Kier molecular flexibility index (Phi) is 4.52. The predicted molar refractivity (Wildman–Crippen MR) is 74.6 cm³/mol. The molecule has 0 aliphatic rings. The van der Waals surface area contributed by atoms with E-state index in [4.69, 9.17) is 21.4 Å². The molecule has 0 atom stereocenters. The third-order valence-corrected chi connectivity index (χ3v) is 3.86. The van der Waals surface area contributed by atoms with Crippen molar-refractivity contribution in [1.82, 2.24) is 4.98 Å². The highest BCUT2D eigenvalue weighted by atomic mass is 35.5. The largest absolute Gasteiger partial charge is 0.481 e. The van der Waals surface area contributed by atoms with Gasteiger partial charge >= 0.3 is 5.97 Å². The summed E-state index contributed by atoms with van der Waals surface area (Å²) in [5.74, 6) is -0.872. The van der Waals surface area contributed by atoms with E-state index in [9.17, 15) is 4.79 Å². The maximum atomic E-state index is 10.8. The molecule has 4 nitrogen and oxygen atoms in total. The molecule has 2 aromatic rings. The zero-order valence-electron chi connectivity index (χ0n) is 10.2. The van der Waals surface area contributed by atoms with Crippen molar-refractivity contribution >= 4 is 28.9 Å². The summed E-state index contributed by atoms with van der Waals surface area (Å²) in [5.41, 5.74) is 1.60. The van der Waals surface area contributed by atoms with E-state index in [0.29, 0.717) is 17.3 Å². The van der Waals surface area contributed by atoms with Crippen LogP contribution in [0.1, 0.15) is 10.6 Å². The van der Waals surface area contributed by atoms with Crippen LogP contribution in [-0.4, -0.2) is 23.2 Å². The zero-order chi connectivity index (χ0) is 13.8. The highest BCUT2D eigenvalue weighted by Crippen LogP contribution is 2.29. The molecule has 0 amide bonds. The number of thiazole rings is 1. The lowest BCUT2D eigenvalue weighted by Gasteiger charge is -1.97. The van der Waals surface area contributed by atoms with Crippen LogP contribution in [0.2, 0.25) is 5.02 Å². The van der Waals surface area contributed by atoms with Crippen molar-refractivity contribution in [2.24, 2.45) is 0 Å². The second-order valence-electron chi connectivity index (χ2n) is 3.90. The van der Waals surface area contributed by atoms with Gasteiger partial charge in [-0.2, -0.15) is 0 Å². The van der Waals surface area contributed by atoms with Crippen LogP contribution in [0.3, 0.4) is 0 Å². The van der Waals surface area contributed by atoms with E-state index in [2.05, 4.69) is 4.98 Å². The molecule has 100 valence electrons. The topological polar surface area (TPSA) is 59.4 Å². The molecule has 2 rings (SSSR count). The number of benzene rings is 1. The number of carboxylic acids is 1. The quantitative estimate of drug-likeness (QED) is 0.920. The number of hydrogen-bond donors (Lipinski definition) is 1. The minimum Gasteiger partial charge on any atom is -0.481 e. The van der Waals surface area contributed by atoms with Crippen LogP contribution in [0.25, 0.3) is 10.6 Å². The van der Waals surface area contributed by atoms with Crippen LogP contribution in [-0.2, 0) is 22.6 Å². The molecule has 0 aliphatic carbocycles. The van der Waals surface area contributed by atoms with Gasteiger partial charge in [-0.3, -0.25) is 4.79 Å². The maximum Gasteiger partial charge on any atom is 0.308 e. The Morgan fingerprint density at radius 1 is 1.42 bits per heavy atom. The smallest absolute Gasteiger partial charge is 0.308 e. The van der Waals surface area contributed by atoms with Crippen molar-refractivity contribution in [1.29, 1.82) is 0 Å². The first-order valence-electron chi connectivity index (χ1n) is 5.55. The Morgan fingerprint density at radius 2 is 2.11 bits per heavy atom. The summed E-state index contributed by atoms with van der Waals surface area (Å²) in [6.45, 7) is 0.312. The Hall–Kier alpha value is -1.43. The lowest BCUT2D eigenvalue weighted by atomic mass is 10.2. The highest BCUT2D eigenvalue weighted by molar-refractivity contribution is 7.15. The molecule has 0 radical (unpaired) electrons. The zero-order valence-corrected chi connectivity index (χ0v) is 11.8. The summed E-state index contributed by atoms with van der Waals surface area (Å²) >= 11 is 7.21. The van der Waals surface area contributed by atoms with Crippen LogP contribution in [0.4, 0.5) is 0 Å². The molecule has 6 heteroatoms. The number of carbonyl (C=O) groups is 1. The molecule has 0 spiro atoms. The van der Waals surface area contributed by atoms with Gasteiger partial charge in [-0.25, -0.2) is 4.98 Å². The van der Waals surface area contributed by atoms with Crippen LogP contribution >= 0.6 is 22.9 Å². The fourth-order valence-electron chi connectivity index (χ4n) is 1.62. The second kappa shape index (κ2) is 6.14. The van der Waals surface area contributed by atoms with E-state index in [1.54, 1.807) is 19.2 Å². The lowest BCUT2D eigenvalue weighted by molar-refractivity contribution is -0.136. The van der Waals surface area contributed by atoms with Gasteiger partial charge in [0, 0.05) is 22.6 Å². The van der Waals surface area contributed by atoms with Crippen molar-refractivity contribution in [2.75, 3.05) is 7.11 Å². The van der Waals surface area contributed by atoms with Gasteiger partial charge in [-0.1, -0.05) is 23.7 Å². The van der Waals surface area contributed by atoms with Crippen LogP contribution in [0.5, 0.6) is 0 Å². The van der Waals surface area contributed by atoms with E-state index in [-0.39, 0.29) is 6.42 Å². The molecule has 0 fully saturated rings. The first-order chi connectivity index (χ1) is 9.10. The summed E-state index contributed by atoms with van der Waals surface area (Å²) in [6.07, 6.45) is -0.0377. The Bertz CT molecular complexity index is 580. The fraction of sp³-hybridized carbons (Fsp3) is 0.231. The van der Waals surface area contributed by atoms with Crippen molar-refractivity contribution in [3.8, 4) is 10.6 Å². The van der Waals surface area contributed by atoms with Crippen LogP contribution < -0.4 is 0 Å². The van der Waals surface area contributed by atoms with E-state index in [0.717, 1.165) is 15.4 Å². The SMILES string of the molecule is COCc1nc(-c2ccc(Cl)cc2)sc1CC(=O)O. The third-order valence-electron chi connectivity index (χ3n) is 2.46. The normalized spacial score (nSPS) is 10.6. The molecular formula is C13H12ClNO3S. The molecule has 0 aliphatic heterocycles. The summed E-state index contributed by atoms with van der Waals surface area (Å²) in [5, 5.41) is 10.3. The van der Waals surface area contributed by atoms with E-state index in [1.807, 2.05) is 12.1 Å². The Morgan fingerprint density at radius 3 is 2.68 bits per heavy atom. The van der Waals surface area contributed by atoms with E-state index >= 15 is 0 Å². The molecule has 1 N–H and O–H groups in total. The number of nitrogens with zero attached hydrogens (tertiary/aromatic N) is 1. The average Bonchev–Trinajstić information content (AvgIpc) is 2.73. The molecule has 1 heterocycles. The Labute approximate surface area is 119 Å². The summed E-state index contributed by atoms with van der Waals surface area (Å²) in [4.78, 5) is 16.0. The monoisotopic (exact) mass is 297 g/mol. The van der Waals surface area contributed by atoms with Crippen molar-refractivity contribution in [3.05, 3.63) is 39.9 Å². The molecule has 1 aromatic heterocycles. The number of hydrogen-bond acceptors (Lipinski definition) is 4. The molecule has 0 unspecified atom stereocenters. The summed E-state index contributed by atoms with van der Waals surface area (Å²) in [6, 6.07) is 7.29. The number of methoxy groups -OCH3 is 1. The molecule has 0 saturated carbocycles. The predicted octanol–water partition coefficient (Wildman–Crippen LogP) is 3.24. The molecule has 19 heavy (non-hydrogen) atoms. The number of halogens is 1. The molecule has 1 aromatic carbocycles. The first kappa shape index (κ1) is 14.0. The standard InChI is InChI=1S/C13H12ClNO3S/c1-18-7-10-11(6-12(16)17)19-13(15-10)8-2-4-9(14)5-3-8/h2-5H,6-7H2,1H3,(H,16,17). The van der Waals surface area contributed by atoms with Gasteiger partial charge < -0.3 is 9.84 Å². The van der Waals surface area contributed by atoms with E-state index < -0.39 is 5.97 Å². The van der Waals surface area contributed by atoms with Gasteiger partial charge in [0.25, 0.3) is 0 Å². The van der Waals surface area contributed by atoms with Crippen molar-refractivity contribution < 1.29 is 14.6 Å². The third kappa shape index (κ3) is 3.53.